The minimum absolute atomic E-state index is 0.0325. The highest BCUT2D eigenvalue weighted by Gasteiger charge is 2.46. The number of aromatic nitrogens is 2. The number of rotatable bonds is 4. The molecule has 0 aromatic carbocycles. The lowest BCUT2D eigenvalue weighted by atomic mass is 10.1. The maximum absolute atomic E-state index is 13.6. The van der Waals surface area contributed by atoms with Crippen LogP contribution in [-0.2, 0) is 9.16 Å². The molecule has 2 N–H and O–H groups in total. The molecule has 9 heteroatoms. The van der Waals surface area contributed by atoms with Crippen LogP contribution in [-0.4, -0.2) is 41.3 Å². The SMILES string of the molecule is CC(O)[C@H]1O[C@@H](n2cc(F)c(=O)[nH]c2=O)C[C@@H]1O[Si](C)(C)C(C)(C)C. The predicted octanol–water partition coefficient (Wildman–Crippen LogP) is 1.73. The summed E-state index contributed by atoms with van der Waals surface area (Å²) in [6.45, 7) is 12.1. The van der Waals surface area contributed by atoms with Crippen molar-refractivity contribution in [1.29, 1.82) is 0 Å². The third-order valence-electron chi connectivity index (χ3n) is 5.08. The number of H-pyrrole nitrogens is 1. The fraction of sp³-hybridized carbons (Fsp3) is 0.750. The molecule has 7 nitrogen and oxygen atoms in total. The first-order valence-corrected chi connectivity index (χ1v) is 11.3. The average molecular weight is 374 g/mol. The highest BCUT2D eigenvalue weighted by atomic mass is 28.4. The van der Waals surface area contributed by atoms with Gasteiger partial charge in [-0.2, -0.15) is 4.39 Å². The number of hydrogen-bond donors (Lipinski definition) is 2. The van der Waals surface area contributed by atoms with Gasteiger partial charge in [-0.25, -0.2) is 4.79 Å². The van der Waals surface area contributed by atoms with Crippen LogP contribution in [0.1, 0.15) is 40.3 Å². The molecule has 1 unspecified atom stereocenters. The van der Waals surface area contributed by atoms with Crippen molar-refractivity contribution in [2.24, 2.45) is 0 Å². The number of halogens is 1. The smallest absolute Gasteiger partial charge is 0.330 e. The molecule has 25 heavy (non-hydrogen) atoms. The minimum atomic E-state index is -2.13. The Kier molecular flexibility index (Phi) is 5.44. The van der Waals surface area contributed by atoms with Crippen molar-refractivity contribution in [1.82, 2.24) is 9.55 Å². The number of aromatic amines is 1. The van der Waals surface area contributed by atoms with Crippen molar-refractivity contribution in [3.05, 3.63) is 32.9 Å². The first kappa shape index (κ1) is 20.0. The van der Waals surface area contributed by atoms with E-state index < -0.39 is 49.9 Å². The molecule has 2 heterocycles. The topological polar surface area (TPSA) is 93.5 Å². The number of nitrogens with one attached hydrogen (secondary N) is 1. The second-order valence-corrected chi connectivity index (χ2v) is 12.8. The molecule has 0 radical (unpaired) electrons. The molecule has 0 spiro atoms. The van der Waals surface area contributed by atoms with E-state index in [1.165, 1.54) is 0 Å². The summed E-state index contributed by atoms with van der Waals surface area (Å²) in [5.41, 5.74) is -1.82. The maximum atomic E-state index is 13.6. The zero-order chi connectivity index (χ0) is 19.2. The van der Waals surface area contributed by atoms with Crippen LogP contribution in [0.25, 0.3) is 0 Å². The van der Waals surface area contributed by atoms with Gasteiger partial charge in [0.1, 0.15) is 12.3 Å². The first-order valence-electron chi connectivity index (χ1n) is 8.36. The van der Waals surface area contributed by atoms with Gasteiger partial charge in [-0.05, 0) is 25.1 Å². The van der Waals surface area contributed by atoms with E-state index in [9.17, 15) is 19.1 Å². The lowest BCUT2D eigenvalue weighted by Gasteiger charge is -2.39. The van der Waals surface area contributed by atoms with E-state index >= 15 is 0 Å². The zero-order valence-corrected chi connectivity index (χ0v) is 16.5. The molecule has 1 saturated heterocycles. The molecule has 0 saturated carbocycles. The zero-order valence-electron chi connectivity index (χ0n) is 15.5. The Labute approximate surface area is 146 Å². The number of nitrogens with zero attached hydrogens (tertiary/aromatic N) is 1. The van der Waals surface area contributed by atoms with Crippen LogP contribution in [0.4, 0.5) is 4.39 Å². The van der Waals surface area contributed by atoms with E-state index in [2.05, 4.69) is 33.9 Å². The fourth-order valence-corrected chi connectivity index (χ4v) is 3.95. The van der Waals surface area contributed by atoms with Crippen molar-refractivity contribution in [3.63, 3.8) is 0 Å². The van der Waals surface area contributed by atoms with Crippen LogP contribution in [0.15, 0.2) is 15.8 Å². The summed E-state index contributed by atoms with van der Waals surface area (Å²) in [6.07, 6.45) is -1.57. The summed E-state index contributed by atoms with van der Waals surface area (Å²) in [5, 5.41) is 10.0. The van der Waals surface area contributed by atoms with Gasteiger partial charge in [0, 0.05) is 6.42 Å². The Morgan fingerprint density at radius 2 is 2.04 bits per heavy atom. The first-order chi connectivity index (χ1) is 11.3. The molecule has 1 aliphatic rings. The lowest BCUT2D eigenvalue weighted by Crippen LogP contribution is -2.47. The summed E-state index contributed by atoms with van der Waals surface area (Å²) < 4.78 is 26.7. The normalized spacial score (nSPS) is 26.0. The molecule has 0 amide bonds. The Bertz CT molecular complexity index is 737. The second kappa shape index (κ2) is 6.79. The molecule has 1 aromatic heterocycles. The molecule has 4 atom stereocenters. The van der Waals surface area contributed by atoms with Gasteiger partial charge in [0.25, 0.3) is 5.56 Å². The van der Waals surface area contributed by atoms with Gasteiger partial charge in [-0.15, -0.1) is 0 Å². The average Bonchev–Trinajstić information content (AvgIpc) is 2.84. The molecular formula is C16H27FN2O5Si. The van der Waals surface area contributed by atoms with Crippen LogP contribution in [0.3, 0.4) is 0 Å². The van der Waals surface area contributed by atoms with Crippen molar-refractivity contribution in [3.8, 4) is 0 Å². The molecule has 2 rings (SSSR count). The molecule has 0 bridgehead atoms. The molecule has 0 aliphatic carbocycles. The van der Waals surface area contributed by atoms with Gasteiger partial charge < -0.3 is 14.3 Å². The second-order valence-electron chi connectivity index (χ2n) is 8.09. The Morgan fingerprint density at radius 1 is 1.44 bits per heavy atom. The van der Waals surface area contributed by atoms with Crippen LogP contribution in [0, 0.1) is 5.82 Å². The molecule has 142 valence electrons. The largest absolute Gasteiger partial charge is 0.411 e. The third-order valence-corrected chi connectivity index (χ3v) is 9.58. The van der Waals surface area contributed by atoms with Crippen LogP contribution in [0.2, 0.25) is 18.1 Å². The van der Waals surface area contributed by atoms with Gasteiger partial charge in [0.2, 0.25) is 5.82 Å². The van der Waals surface area contributed by atoms with E-state index in [0.717, 1.165) is 10.8 Å². The summed E-state index contributed by atoms with van der Waals surface area (Å²) in [7, 11) is -2.13. The van der Waals surface area contributed by atoms with Crippen molar-refractivity contribution in [2.45, 2.75) is 76.8 Å². The Hall–Kier alpha value is -1.29. The summed E-state index contributed by atoms with van der Waals surface area (Å²) in [5.74, 6) is -1.06. The van der Waals surface area contributed by atoms with Gasteiger partial charge >= 0.3 is 5.69 Å². The van der Waals surface area contributed by atoms with E-state index in [-0.39, 0.29) is 11.5 Å². The fourth-order valence-electron chi connectivity index (χ4n) is 2.61. The van der Waals surface area contributed by atoms with E-state index in [4.69, 9.17) is 9.16 Å². The third kappa shape index (κ3) is 4.10. The number of aliphatic hydroxyl groups excluding tert-OH is 1. The summed E-state index contributed by atoms with van der Waals surface area (Å²) in [6, 6.07) is 0. The van der Waals surface area contributed by atoms with Crippen LogP contribution >= 0.6 is 0 Å². The van der Waals surface area contributed by atoms with Crippen molar-refractivity contribution in [2.75, 3.05) is 0 Å². The minimum Gasteiger partial charge on any atom is -0.411 e. The monoisotopic (exact) mass is 374 g/mol. The predicted molar refractivity (Wildman–Crippen MR) is 93.6 cm³/mol. The van der Waals surface area contributed by atoms with Gasteiger partial charge in [-0.1, -0.05) is 20.8 Å². The van der Waals surface area contributed by atoms with E-state index in [1.807, 2.05) is 4.98 Å². The number of hydrogen-bond acceptors (Lipinski definition) is 5. The van der Waals surface area contributed by atoms with Gasteiger partial charge in [-0.3, -0.25) is 14.3 Å². The molecule has 1 fully saturated rings. The number of ether oxygens (including phenoxy) is 1. The Balaban J connectivity index is 2.31. The molecule has 1 aromatic rings. The summed E-state index contributed by atoms with van der Waals surface area (Å²) in [4.78, 5) is 25.1. The molecule has 1 aliphatic heterocycles. The lowest BCUT2D eigenvalue weighted by molar-refractivity contribution is -0.0752. The maximum Gasteiger partial charge on any atom is 0.330 e. The van der Waals surface area contributed by atoms with Gasteiger partial charge in [0.05, 0.1) is 18.4 Å². The standard InChI is InChI=1S/C16H27FN2O5Si/c1-9(20)13-11(24-25(5,6)16(2,3)4)7-12(23-13)19-8-10(17)14(21)18-15(19)22/h8-9,11-13,20H,7H2,1-6H3,(H,18,21,22)/t9?,11-,12+,13+/m0/s1. The van der Waals surface area contributed by atoms with Crippen molar-refractivity contribution < 1.29 is 18.7 Å². The van der Waals surface area contributed by atoms with Gasteiger partial charge in [0.15, 0.2) is 8.32 Å². The van der Waals surface area contributed by atoms with E-state index in [1.54, 1.807) is 6.92 Å². The highest BCUT2D eigenvalue weighted by molar-refractivity contribution is 6.74. The van der Waals surface area contributed by atoms with Crippen LogP contribution < -0.4 is 11.2 Å². The highest BCUT2D eigenvalue weighted by Crippen LogP contribution is 2.41. The number of aliphatic hydroxyl groups is 1. The quantitative estimate of drug-likeness (QED) is 0.783. The van der Waals surface area contributed by atoms with Crippen LogP contribution in [0.5, 0.6) is 0 Å². The summed E-state index contributed by atoms with van der Waals surface area (Å²) >= 11 is 0. The van der Waals surface area contributed by atoms with Crippen molar-refractivity contribution >= 4 is 8.32 Å². The Morgan fingerprint density at radius 3 is 2.56 bits per heavy atom. The molecular weight excluding hydrogens is 347 g/mol. The van der Waals surface area contributed by atoms with E-state index in [0.29, 0.717) is 0 Å².